The Bertz CT molecular complexity index is 1030. The standard InChI is InChI=1S/C23H24N4O2S/c28-20(27-9-4-16(5-10-27)13-19-6-11-30-26-19)3-2-17-12-18-14-23(7-1-8-23)22(29)25-21(18)24-15-17/h2-3,6,11-13,15H,1,4-5,7-10,14H2,(H,24,25,29). The molecule has 7 heteroatoms. The van der Waals surface area contributed by atoms with Crippen LogP contribution in [0.1, 0.15) is 48.9 Å². The molecule has 4 heterocycles. The Morgan fingerprint density at radius 1 is 1.27 bits per heavy atom. The molecule has 30 heavy (non-hydrogen) atoms. The third-order valence-electron chi connectivity index (χ3n) is 6.49. The maximum absolute atomic E-state index is 12.6. The number of rotatable bonds is 3. The molecule has 3 aliphatic rings. The normalized spacial score (nSPS) is 20.1. The van der Waals surface area contributed by atoms with Crippen molar-refractivity contribution in [3.8, 4) is 0 Å². The first kappa shape index (κ1) is 19.2. The number of likely N-dealkylation sites (tertiary alicyclic amines) is 1. The number of amides is 2. The van der Waals surface area contributed by atoms with Crippen molar-refractivity contribution in [2.75, 3.05) is 18.4 Å². The molecule has 1 saturated heterocycles. The highest BCUT2D eigenvalue weighted by molar-refractivity contribution is 7.03. The van der Waals surface area contributed by atoms with Crippen molar-refractivity contribution in [2.45, 2.75) is 38.5 Å². The first-order chi connectivity index (χ1) is 14.6. The molecule has 2 aromatic heterocycles. The highest BCUT2D eigenvalue weighted by atomic mass is 32.1. The molecule has 1 aliphatic carbocycles. The average molecular weight is 421 g/mol. The highest BCUT2D eigenvalue weighted by Crippen LogP contribution is 2.47. The largest absolute Gasteiger partial charge is 0.339 e. The molecular formula is C23H24N4O2S. The summed E-state index contributed by atoms with van der Waals surface area (Å²) in [5.74, 6) is 0.807. The van der Waals surface area contributed by atoms with Gasteiger partial charge in [-0.2, -0.15) is 4.37 Å². The number of carbonyl (C=O) groups is 2. The number of piperidine rings is 1. The van der Waals surface area contributed by atoms with Gasteiger partial charge in [0.15, 0.2) is 0 Å². The van der Waals surface area contributed by atoms with E-state index >= 15 is 0 Å². The predicted molar refractivity (Wildman–Crippen MR) is 118 cm³/mol. The molecule has 0 radical (unpaired) electrons. The minimum Gasteiger partial charge on any atom is -0.339 e. The number of pyridine rings is 1. The first-order valence-corrected chi connectivity index (χ1v) is 11.3. The zero-order valence-corrected chi connectivity index (χ0v) is 17.6. The molecule has 1 spiro atoms. The average Bonchev–Trinajstić information content (AvgIpc) is 3.24. The van der Waals surface area contributed by atoms with Gasteiger partial charge in [-0.15, -0.1) is 0 Å². The minimum atomic E-state index is -0.232. The Morgan fingerprint density at radius 3 is 2.80 bits per heavy atom. The molecule has 2 aliphatic heterocycles. The van der Waals surface area contributed by atoms with E-state index in [-0.39, 0.29) is 17.2 Å². The minimum absolute atomic E-state index is 0.0317. The molecule has 6 nitrogen and oxygen atoms in total. The van der Waals surface area contributed by atoms with Gasteiger partial charge in [0, 0.05) is 30.7 Å². The quantitative estimate of drug-likeness (QED) is 0.764. The third-order valence-corrected chi connectivity index (χ3v) is 7.06. The van der Waals surface area contributed by atoms with E-state index in [0.717, 1.165) is 68.4 Å². The van der Waals surface area contributed by atoms with Crippen LogP contribution in [0.4, 0.5) is 5.82 Å². The van der Waals surface area contributed by atoms with Crippen molar-refractivity contribution in [1.29, 1.82) is 0 Å². The van der Waals surface area contributed by atoms with Crippen LogP contribution in [-0.4, -0.2) is 39.2 Å². The van der Waals surface area contributed by atoms with Crippen LogP contribution < -0.4 is 5.32 Å². The molecule has 0 atom stereocenters. The maximum Gasteiger partial charge on any atom is 0.246 e. The maximum atomic E-state index is 12.6. The van der Waals surface area contributed by atoms with Crippen LogP contribution in [0.2, 0.25) is 0 Å². The highest BCUT2D eigenvalue weighted by Gasteiger charge is 2.47. The third kappa shape index (κ3) is 3.69. The van der Waals surface area contributed by atoms with Crippen molar-refractivity contribution < 1.29 is 9.59 Å². The first-order valence-electron chi connectivity index (χ1n) is 10.5. The van der Waals surface area contributed by atoms with E-state index < -0.39 is 0 Å². The van der Waals surface area contributed by atoms with Crippen LogP contribution in [0, 0.1) is 5.41 Å². The zero-order chi connectivity index (χ0) is 20.6. The smallest absolute Gasteiger partial charge is 0.246 e. The molecule has 0 unspecified atom stereocenters. The van der Waals surface area contributed by atoms with E-state index in [1.165, 1.54) is 17.1 Å². The van der Waals surface area contributed by atoms with Gasteiger partial charge in [0.05, 0.1) is 11.1 Å². The fourth-order valence-electron chi connectivity index (χ4n) is 4.50. The van der Waals surface area contributed by atoms with Gasteiger partial charge >= 0.3 is 0 Å². The molecule has 0 aromatic carbocycles. The Hall–Kier alpha value is -2.80. The van der Waals surface area contributed by atoms with Crippen LogP contribution in [0.3, 0.4) is 0 Å². The Morgan fingerprint density at radius 2 is 2.10 bits per heavy atom. The fourth-order valence-corrected chi connectivity index (χ4v) is 4.99. The van der Waals surface area contributed by atoms with E-state index in [4.69, 9.17) is 0 Å². The number of fused-ring (bicyclic) bond motifs is 1. The van der Waals surface area contributed by atoms with E-state index in [0.29, 0.717) is 5.82 Å². The van der Waals surface area contributed by atoms with Crippen LogP contribution in [0.25, 0.3) is 12.2 Å². The Kier molecular flexibility index (Phi) is 4.98. The lowest BCUT2D eigenvalue weighted by Crippen LogP contribution is -2.46. The molecular weight excluding hydrogens is 396 g/mol. The van der Waals surface area contributed by atoms with E-state index in [1.807, 2.05) is 22.4 Å². The zero-order valence-electron chi connectivity index (χ0n) is 16.8. The summed E-state index contributed by atoms with van der Waals surface area (Å²) in [5, 5.41) is 4.94. The molecule has 2 amide bonds. The lowest BCUT2D eigenvalue weighted by molar-refractivity contribution is -0.130. The van der Waals surface area contributed by atoms with Gasteiger partial charge in [-0.1, -0.05) is 12.0 Å². The second-order valence-electron chi connectivity index (χ2n) is 8.43. The molecule has 0 bridgehead atoms. The van der Waals surface area contributed by atoms with Gasteiger partial charge in [-0.25, -0.2) is 4.98 Å². The monoisotopic (exact) mass is 420 g/mol. The summed E-state index contributed by atoms with van der Waals surface area (Å²) in [6.07, 6.45) is 12.9. The molecule has 2 aromatic rings. The van der Waals surface area contributed by atoms with Crippen molar-refractivity contribution in [3.05, 3.63) is 52.2 Å². The molecule has 5 rings (SSSR count). The van der Waals surface area contributed by atoms with Gasteiger partial charge in [0.2, 0.25) is 11.8 Å². The number of nitrogens with zero attached hydrogens (tertiary/aromatic N) is 3. The van der Waals surface area contributed by atoms with Crippen LogP contribution >= 0.6 is 11.5 Å². The van der Waals surface area contributed by atoms with Crippen molar-refractivity contribution >= 4 is 41.3 Å². The number of anilines is 1. The summed E-state index contributed by atoms with van der Waals surface area (Å²) in [6, 6.07) is 4.07. The predicted octanol–water partition coefficient (Wildman–Crippen LogP) is 3.92. The lowest BCUT2D eigenvalue weighted by Gasteiger charge is -2.43. The number of hydrogen-bond acceptors (Lipinski definition) is 5. The second kappa shape index (κ2) is 7.80. The summed E-state index contributed by atoms with van der Waals surface area (Å²) in [6.45, 7) is 1.46. The number of nitrogens with one attached hydrogen (secondary N) is 1. The molecule has 154 valence electrons. The summed E-state index contributed by atoms with van der Waals surface area (Å²) in [4.78, 5) is 31.2. The van der Waals surface area contributed by atoms with E-state index in [1.54, 1.807) is 12.3 Å². The number of carbonyl (C=O) groups excluding carboxylic acids is 2. The van der Waals surface area contributed by atoms with Crippen molar-refractivity contribution in [2.24, 2.45) is 5.41 Å². The topological polar surface area (TPSA) is 75.2 Å². The SMILES string of the molecule is O=C(C=Cc1cnc2c(c1)CC1(CCC1)C(=O)N2)N1CCC(=Cc2ccsn2)CC1. The molecule has 1 saturated carbocycles. The summed E-state index contributed by atoms with van der Waals surface area (Å²) < 4.78 is 4.32. The summed E-state index contributed by atoms with van der Waals surface area (Å²) in [7, 11) is 0. The Balaban J connectivity index is 1.21. The van der Waals surface area contributed by atoms with Crippen LogP contribution in [0.15, 0.2) is 35.4 Å². The second-order valence-corrected chi connectivity index (χ2v) is 9.09. The van der Waals surface area contributed by atoms with Crippen molar-refractivity contribution in [1.82, 2.24) is 14.3 Å². The number of aromatic nitrogens is 2. The van der Waals surface area contributed by atoms with Crippen LogP contribution in [-0.2, 0) is 16.0 Å². The van der Waals surface area contributed by atoms with E-state index in [2.05, 4.69) is 26.8 Å². The van der Waals surface area contributed by atoms with Crippen molar-refractivity contribution in [3.63, 3.8) is 0 Å². The van der Waals surface area contributed by atoms with Gasteiger partial charge in [0.25, 0.3) is 0 Å². The van der Waals surface area contributed by atoms with Gasteiger partial charge in [-0.05, 0) is 79.0 Å². The van der Waals surface area contributed by atoms with Gasteiger partial charge in [0.1, 0.15) is 5.82 Å². The van der Waals surface area contributed by atoms with E-state index in [9.17, 15) is 9.59 Å². The van der Waals surface area contributed by atoms with Gasteiger partial charge < -0.3 is 10.2 Å². The molecule has 1 N–H and O–H groups in total. The summed E-state index contributed by atoms with van der Waals surface area (Å²) in [5.41, 5.74) is 4.09. The van der Waals surface area contributed by atoms with Crippen LogP contribution in [0.5, 0.6) is 0 Å². The van der Waals surface area contributed by atoms with Gasteiger partial charge in [-0.3, -0.25) is 9.59 Å². The lowest BCUT2D eigenvalue weighted by atomic mass is 9.63. The summed E-state index contributed by atoms with van der Waals surface area (Å²) >= 11 is 1.46. The number of hydrogen-bond donors (Lipinski definition) is 1. The fraction of sp³-hybridized carbons (Fsp3) is 0.391. The molecule has 2 fully saturated rings. The Labute approximate surface area is 179 Å².